The van der Waals surface area contributed by atoms with Gasteiger partial charge >= 0.3 is 0 Å². The summed E-state index contributed by atoms with van der Waals surface area (Å²) < 4.78 is 7.99. The Morgan fingerprint density at radius 2 is 1.62 bits per heavy atom. The first-order chi connectivity index (χ1) is 22.0. The van der Waals surface area contributed by atoms with Crippen molar-refractivity contribution in [3.8, 4) is 0 Å². The van der Waals surface area contributed by atoms with Crippen molar-refractivity contribution in [3.05, 3.63) is 103 Å². The van der Waals surface area contributed by atoms with Gasteiger partial charge in [-0.3, -0.25) is 25.0 Å². The van der Waals surface area contributed by atoms with Gasteiger partial charge in [0.1, 0.15) is 17.9 Å². The van der Waals surface area contributed by atoms with E-state index in [0.717, 1.165) is 41.2 Å². The summed E-state index contributed by atoms with van der Waals surface area (Å²) in [5, 5.41) is 23.8. The number of anilines is 1. The number of non-ortho nitro benzene ring substituents is 1. The number of benzene rings is 2. The third-order valence-corrected chi connectivity index (χ3v) is 9.76. The Hall–Kier alpha value is -4.60. The van der Waals surface area contributed by atoms with E-state index in [4.69, 9.17) is 4.74 Å². The summed E-state index contributed by atoms with van der Waals surface area (Å²) in [6.07, 6.45) is 5.49. The van der Waals surface area contributed by atoms with Crippen molar-refractivity contribution < 1.29 is 24.0 Å². The first-order valence-electron chi connectivity index (χ1n) is 16.3. The summed E-state index contributed by atoms with van der Waals surface area (Å²) in [5.41, 5.74) is 4.45. The van der Waals surface area contributed by atoms with E-state index < -0.39 is 10.8 Å². The molecular weight excluding hydrogens is 596 g/mol. The van der Waals surface area contributed by atoms with Gasteiger partial charge < -0.3 is 9.64 Å². The van der Waals surface area contributed by atoms with E-state index in [-0.39, 0.29) is 27.0 Å². The van der Waals surface area contributed by atoms with Crippen molar-refractivity contribution in [2.24, 2.45) is 11.8 Å². The number of fused-ring (bicyclic) bond motifs is 2. The van der Waals surface area contributed by atoms with E-state index in [9.17, 15) is 25.0 Å². The summed E-state index contributed by atoms with van der Waals surface area (Å²) in [7, 11) is 1.54. The van der Waals surface area contributed by atoms with Crippen LogP contribution in [0.2, 0.25) is 0 Å². The van der Waals surface area contributed by atoms with Gasteiger partial charge in [0.25, 0.3) is 11.4 Å². The normalized spacial score (nSPS) is 19.6. The fourth-order valence-corrected chi connectivity index (χ4v) is 7.08. The molecule has 0 saturated carbocycles. The van der Waals surface area contributed by atoms with Crippen LogP contribution in [0.3, 0.4) is 0 Å². The predicted molar refractivity (Wildman–Crippen MR) is 184 cm³/mol. The fraction of sp³-hybridized carbons (Fsp3) is 0.459. The van der Waals surface area contributed by atoms with Crippen LogP contribution in [0.5, 0.6) is 0 Å². The summed E-state index contributed by atoms with van der Waals surface area (Å²) in [4.78, 5) is 39.3. The maximum absolute atomic E-state index is 14.0. The first kappa shape index (κ1) is 33.8. The topological polar surface area (TPSA) is 119 Å². The molecule has 2 heterocycles. The van der Waals surface area contributed by atoms with Crippen molar-refractivity contribution in [1.29, 1.82) is 0 Å². The Balaban J connectivity index is 1.64. The molecule has 10 nitrogen and oxygen atoms in total. The second kappa shape index (κ2) is 12.2. The molecule has 5 rings (SSSR count). The van der Waals surface area contributed by atoms with Crippen molar-refractivity contribution in [2.45, 2.75) is 79.1 Å². The van der Waals surface area contributed by atoms with Gasteiger partial charge in [0.15, 0.2) is 5.71 Å². The second-order valence-electron chi connectivity index (χ2n) is 14.6. The van der Waals surface area contributed by atoms with Crippen LogP contribution in [-0.4, -0.2) is 46.1 Å². The van der Waals surface area contributed by atoms with Crippen LogP contribution in [0.15, 0.2) is 71.2 Å². The molecule has 2 aliphatic heterocycles. The lowest BCUT2D eigenvalue weighted by atomic mass is 9.77. The molecule has 3 aliphatic rings. The molecular formula is C37H45N4O6+. The second-order valence-corrected chi connectivity index (χ2v) is 14.6. The largest absolute Gasteiger partial charge is 0.495 e. The Kier molecular flexibility index (Phi) is 8.77. The van der Waals surface area contributed by atoms with Crippen molar-refractivity contribution in [2.75, 3.05) is 25.1 Å². The number of nitro benzene ring substituents is 2. The van der Waals surface area contributed by atoms with Crippen LogP contribution < -0.4 is 4.90 Å². The molecule has 0 unspecified atom stereocenters. The van der Waals surface area contributed by atoms with Crippen LogP contribution in [0.4, 0.5) is 22.7 Å². The number of nitrogens with zero attached hydrogens (tertiary/aromatic N) is 4. The van der Waals surface area contributed by atoms with E-state index in [1.807, 2.05) is 45.9 Å². The number of allylic oxidation sites excluding steroid dienone is 5. The average Bonchev–Trinajstić information content (AvgIpc) is 3.35. The van der Waals surface area contributed by atoms with Crippen molar-refractivity contribution in [3.63, 3.8) is 0 Å². The molecule has 0 fully saturated rings. The minimum absolute atomic E-state index is 0.0306. The quantitative estimate of drug-likeness (QED) is 0.105. The lowest BCUT2D eigenvalue weighted by Crippen LogP contribution is -2.33. The fourth-order valence-electron chi connectivity index (χ4n) is 7.08. The molecule has 47 heavy (non-hydrogen) atoms. The minimum Gasteiger partial charge on any atom is -0.495 e. The van der Waals surface area contributed by atoms with E-state index >= 15 is 0 Å². The minimum atomic E-state index is -0.742. The van der Waals surface area contributed by atoms with Gasteiger partial charge in [-0.05, 0) is 55.9 Å². The number of Topliss-reactive ketones (excluding diaryl/α,β-unsaturated/α-hetero) is 1. The molecule has 0 bridgehead atoms. The van der Waals surface area contributed by atoms with Crippen LogP contribution in [0.1, 0.15) is 79.4 Å². The third kappa shape index (κ3) is 5.68. The Bertz CT molecular complexity index is 1810. The van der Waals surface area contributed by atoms with E-state index in [0.29, 0.717) is 47.4 Å². The first-order valence-corrected chi connectivity index (χ1v) is 16.3. The van der Waals surface area contributed by atoms with Crippen molar-refractivity contribution in [1.82, 2.24) is 0 Å². The summed E-state index contributed by atoms with van der Waals surface area (Å²) in [6, 6.07) is 10.1. The number of hydrogen-bond acceptors (Lipinski definition) is 7. The van der Waals surface area contributed by atoms with Crippen LogP contribution in [0, 0.1) is 32.1 Å². The number of ether oxygens (including phenoxy) is 1. The van der Waals surface area contributed by atoms with Gasteiger partial charge in [-0.1, -0.05) is 41.5 Å². The zero-order chi connectivity index (χ0) is 34.6. The number of ketones is 1. The molecule has 1 aliphatic carbocycles. The smallest absolute Gasteiger partial charge is 0.280 e. The zero-order valence-corrected chi connectivity index (χ0v) is 28.8. The Morgan fingerprint density at radius 3 is 2.21 bits per heavy atom. The molecule has 0 aromatic heterocycles. The zero-order valence-electron chi connectivity index (χ0n) is 28.8. The number of nitro groups is 2. The number of carbonyl (C=O) groups is 1. The highest BCUT2D eigenvalue weighted by molar-refractivity contribution is 6.24. The SMILES string of the molecule is COC1=C(/C=C2/N(CCC(C)C)c3ccc([N+](=O)[O-])cc3C2(C)C)C(=O)/C1=C\C1=[N+](CCC(C)C)c2cccc([N+](=O)[O-])c2C1(C)C. The van der Waals surface area contributed by atoms with Crippen LogP contribution >= 0.6 is 0 Å². The Labute approximate surface area is 276 Å². The summed E-state index contributed by atoms with van der Waals surface area (Å²) >= 11 is 0. The molecule has 2 aromatic rings. The molecule has 0 amide bonds. The van der Waals surface area contributed by atoms with Gasteiger partial charge in [0.05, 0.1) is 33.5 Å². The molecule has 248 valence electrons. The van der Waals surface area contributed by atoms with Gasteiger partial charge in [0, 0.05) is 60.1 Å². The highest BCUT2D eigenvalue weighted by Gasteiger charge is 2.51. The molecule has 10 heteroatoms. The van der Waals surface area contributed by atoms with Crippen LogP contribution in [-0.2, 0) is 20.4 Å². The van der Waals surface area contributed by atoms with Gasteiger partial charge in [-0.15, -0.1) is 0 Å². The molecule has 0 saturated heterocycles. The highest BCUT2D eigenvalue weighted by Crippen LogP contribution is 2.51. The van der Waals surface area contributed by atoms with E-state index in [2.05, 4.69) is 37.2 Å². The average molecular weight is 642 g/mol. The third-order valence-electron chi connectivity index (χ3n) is 9.76. The standard InChI is InChI=1S/C37H45N4O6/c1-22(2)15-17-38-28-14-13-24(40(43)44)19-27(28)36(5,6)31(38)20-25-34(42)26(35(25)47-9)21-32-37(7,8)33-29(39(32)18-16-23(3)4)11-10-12-30(33)41(45)46/h10-14,19-23H,15-18H2,1-9H3/q+1. The number of rotatable bonds is 11. The van der Waals surface area contributed by atoms with Crippen molar-refractivity contribution >= 4 is 34.2 Å². The summed E-state index contributed by atoms with van der Waals surface area (Å²) in [5.74, 6) is 1.13. The van der Waals surface area contributed by atoms with Gasteiger partial charge in [-0.25, -0.2) is 0 Å². The number of methoxy groups -OCH3 is 1. The summed E-state index contributed by atoms with van der Waals surface area (Å²) in [6.45, 7) is 17.9. The maximum Gasteiger partial charge on any atom is 0.280 e. The molecule has 0 atom stereocenters. The van der Waals surface area contributed by atoms with Crippen LogP contribution in [0.25, 0.3) is 0 Å². The van der Waals surface area contributed by atoms with E-state index in [1.165, 1.54) is 12.1 Å². The maximum atomic E-state index is 14.0. The number of carbonyl (C=O) groups excluding carboxylic acids is 1. The molecule has 0 radical (unpaired) electrons. The van der Waals surface area contributed by atoms with Gasteiger partial charge in [-0.2, -0.15) is 4.58 Å². The lowest BCUT2D eigenvalue weighted by Gasteiger charge is -2.30. The molecule has 0 N–H and O–H groups in total. The Morgan fingerprint density at radius 1 is 0.936 bits per heavy atom. The predicted octanol–water partition coefficient (Wildman–Crippen LogP) is 8.06. The lowest BCUT2D eigenvalue weighted by molar-refractivity contribution is -0.440. The highest BCUT2D eigenvalue weighted by atomic mass is 16.6. The van der Waals surface area contributed by atoms with Gasteiger partial charge in [0.2, 0.25) is 11.5 Å². The number of hydrogen-bond donors (Lipinski definition) is 0. The van der Waals surface area contributed by atoms with E-state index in [1.54, 1.807) is 25.3 Å². The molecule has 2 aromatic carbocycles. The monoisotopic (exact) mass is 641 g/mol. The molecule has 0 spiro atoms.